The summed E-state index contributed by atoms with van der Waals surface area (Å²) in [5.74, 6) is 0. The molecule has 0 heterocycles. The topological polar surface area (TPSA) is 9.23 Å². The molecular weight excluding hydrogens is 169 g/mol. The van der Waals surface area contributed by atoms with Crippen molar-refractivity contribution in [2.75, 3.05) is 6.61 Å². The second kappa shape index (κ2) is 4.98. The summed E-state index contributed by atoms with van der Waals surface area (Å²) >= 11 is 0. The van der Waals surface area contributed by atoms with Gasteiger partial charge in [0.2, 0.25) is 0 Å². The molecule has 1 nitrogen and oxygen atoms in total. The Kier molecular flexibility index (Phi) is 4.66. The van der Waals surface area contributed by atoms with Crippen LogP contribution in [0.4, 0.5) is 13.2 Å². The fourth-order valence-corrected chi connectivity index (χ4v) is 0.495. The number of allylic oxidation sites excluding steroid dienone is 2. The minimum Gasteiger partial charge on any atom is -0.288 e. The van der Waals surface area contributed by atoms with Gasteiger partial charge in [0.25, 0.3) is 0 Å². The summed E-state index contributed by atoms with van der Waals surface area (Å²) in [6, 6.07) is 0. The lowest BCUT2D eigenvalue weighted by molar-refractivity contribution is -0.319. The Morgan fingerprint density at radius 1 is 1.42 bits per heavy atom. The van der Waals surface area contributed by atoms with E-state index in [-0.39, 0.29) is 0 Å². The van der Waals surface area contributed by atoms with Gasteiger partial charge in [-0.05, 0) is 13.3 Å². The second-order valence-corrected chi connectivity index (χ2v) is 2.39. The molecule has 0 saturated heterocycles. The highest BCUT2D eigenvalue weighted by molar-refractivity contribution is 4.98. The van der Waals surface area contributed by atoms with Crippen molar-refractivity contribution in [1.82, 2.24) is 0 Å². The van der Waals surface area contributed by atoms with Gasteiger partial charge in [-0.2, -0.15) is 0 Å². The summed E-state index contributed by atoms with van der Waals surface area (Å²) in [4.78, 5) is 0. The molecule has 0 aliphatic rings. The third-order valence-electron chi connectivity index (χ3n) is 0.976. The van der Waals surface area contributed by atoms with E-state index in [0.29, 0.717) is 6.42 Å². The average molecular weight is 180 g/mol. The number of halogens is 3. The van der Waals surface area contributed by atoms with Gasteiger partial charge in [-0.25, -0.2) is 0 Å². The van der Waals surface area contributed by atoms with E-state index < -0.39 is 13.0 Å². The average Bonchev–Trinajstić information content (AvgIpc) is 1.83. The highest BCUT2D eigenvalue weighted by Crippen LogP contribution is 2.15. The lowest BCUT2D eigenvalue weighted by Crippen LogP contribution is -2.12. The zero-order valence-corrected chi connectivity index (χ0v) is 6.82. The van der Waals surface area contributed by atoms with Crippen molar-refractivity contribution in [2.45, 2.75) is 19.7 Å². The molecule has 0 unspecified atom stereocenters. The molecule has 70 valence electrons. The maximum absolute atomic E-state index is 11.4. The molecule has 0 aromatic heterocycles. The van der Waals surface area contributed by atoms with Crippen molar-refractivity contribution < 1.29 is 17.9 Å². The minimum atomic E-state index is -4.53. The van der Waals surface area contributed by atoms with Gasteiger partial charge < -0.3 is 0 Å². The smallest absolute Gasteiger partial charge is 0.288 e. The van der Waals surface area contributed by atoms with Crippen LogP contribution in [0.15, 0.2) is 24.3 Å². The maximum Gasteiger partial charge on any atom is 0.522 e. The molecule has 0 saturated carbocycles. The van der Waals surface area contributed by atoms with Gasteiger partial charge in [-0.1, -0.05) is 24.3 Å². The Hall–Kier alpha value is -0.770. The molecule has 0 spiro atoms. The molecule has 0 aliphatic heterocycles. The van der Waals surface area contributed by atoms with E-state index in [4.69, 9.17) is 0 Å². The highest BCUT2D eigenvalue weighted by atomic mass is 19.4. The van der Waals surface area contributed by atoms with Crippen LogP contribution in [0.2, 0.25) is 0 Å². The molecule has 0 aromatic rings. The van der Waals surface area contributed by atoms with E-state index in [2.05, 4.69) is 11.3 Å². The van der Waals surface area contributed by atoms with Gasteiger partial charge in [0.1, 0.15) is 0 Å². The lowest BCUT2D eigenvalue weighted by atomic mass is 10.2. The van der Waals surface area contributed by atoms with Gasteiger partial charge in [0, 0.05) is 0 Å². The highest BCUT2D eigenvalue weighted by Gasteiger charge is 2.27. The first-order valence-electron chi connectivity index (χ1n) is 3.42. The van der Waals surface area contributed by atoms with Crippen LogP contribution in [0.3, 0.4) is 0 Å². The molecule has 0 fully saturated rings. The van der Waals surface area contributed by atoms with Crippen LogP contribution in [0.5, 0.6) is 0 Å². The predicted molar refractivity (Wildman–Crippen MR) is 40.6 cm³/mol. The van der Waals surface area contributed by atoms with Crippen molar-refractivity contribution in [1.29, 1.82) is 0 Å². The Morgan fingerprint density at radius 2 is 2.00 bits per heavy atom. The first kappa shape index (κ1) is 11.2. The fourth-order valence-electron chi connectivity index (χ4n) is 0.495. The number of rotatable bonds is 4. The molecule has 0 aliphatic carbocycles. The van der Waals surface area contributed by atoms with E-state index >= 15 is 0 Å². The molecule has 0 rings (SSSR count). The van der Waals surface area contributed by atoms with Crippen molar-refractivity contribution >= 4 is 0 Å². The molecule has 12 heavy (non-hydrogen) atoms. The van der Waals surface area contributed by atoms with Crippen molar-refractivity contribution in [2.24, 2.45) is 0 Å². The van der Waals surface area contributed by atoms with Gasteiger partial charge in [-0.15, -0.1) is 13.2 Å². The molecule has 0 atom stereocenters. The molecule has 0 N–H and O–H groups in total. The Bertz CT molecular complexity index is 170. The van der Waals surface area contributed by atoms with Crippen molar-refractivity contribution in [3.05, 3.63) is 24.3 Å². The Labute approximate surface area is 69.5 Å². The normalized spacial score (nSPS) is 12.3. The summed E-state index contributed by atoms with van der Waals surface area (Å²) in [5.41, 5.74) is 0.901. The predicted octanol–water partition coefficient (Wildman–Crippen LogP) is 3.05. The van der Waals surface area contributed by atoms with E-state index in [1.54, 1.807) is 13.0 Å². The van der Waals surface area contributed by atoms with Gasteiger partial charge >= 0.3 is 6.36 Å². The number of hydrogen-bond donors (Lipinski definition) is 0. The van der Waals surface area contributed by atoms with Crippen LogP contribution < -0.4 is 0 Å². The van der Waals surface area contributed by atoms with Crippen LogP contribution in [0, 0.1) is 0 Å². The standard InChI is InChI=1S/C8H11F3O/c1-7(2)5-3-4-6-12-8(9,10)11/h3-4H,1,5-6H2,2H3/b4-3-. The first-order chi connectivity index (χ1) is 5.42. The quantitative estimate of drug-likeness (QED) is 0.604. The number of alkyl halides is 3. The number of hydrogen-bond acceptors (Lipinski definition) is 1. The van der Waals surface area contributed by atoms with Crippen molar-refractivity contribution in [3.8, 4) is 0 Å². The molecular formula is C8H11F3O. The Balaban J connectivity index is 3.43. The van der Waals surface area contributed by atoms with Crippen LogP contribution in [-0.2, 0) is 4.74 Å². The van der Waals surface area contributed by atoms with E-state index in [1.807, 2.05) is 0 Å². The molecule has 0 bridgehead atoms. The first-order valence-corrected chi connectivity index (χ1v) is 3.42. The van der Waals surface area contributed by atoms with Crippen LogP contribution in [-0.4, -0.2) is 13.0 Å². The van der Waals surface area contributed by atoms with Crippen LogP contribution in [0.1, 0.15) is 13.3 Å². The maximum atomic E-state index is 11.4. The van der Waals surface area contributed by atoms with E-state index in [9.17, 15) is 13.2 Å². The van der Waals surface area contributed by atoms with Crippen molar-refractivity contribution in [3.63, 3.8) is 0 Å². The zero-order chi connectivity index (χ0) is 9.61. The van der Waals surface area contributed by atoms with E-state index in [0.717, 1.165) is 5.57 Å². The van der Waals surface area contributed by atoms with Gasteiger partial charge in [0.05, 0.1) is 6.61 Å². The third-order valence-corrected chi connectivity index (χ3v) is 0.976. The minimum absolute atomic E-state index is 0.434. The van der Waals surface area contributed by atoms with Crippen LogP contribution in [0.25, 0.3) is 0 Å². The summed E-state index contributed by atoms with van der Waals surface area (Å²) in [6.07, 6.45) is -1.04. The largest absolute Gasteiger partial charge is 0.522 e. The van der Waals surface area contributed by atoms with Gasteiger partial charge in [0.15, 0.2) is 0 Å². The monoisotopic (exact) mass is 180 g/mol. The molecule has 0 radical (unpaired) electrons. The second-order valence-electron chi connectivity index (χ2n) is 2.39. The summed E-state index contributed by atoms with van der Waals surface area (Å²) in [5, 5.41) is 0. The summed E-state index contributed by atoms with van der Waals surface area (Å²) in [6.45, 7) is 4.95. The molecule has 4 heteroatoms. The molecule has 0 aromatic carbocycles. The van der Waals surface area contributed by atoms with Gasteiger partial charge in [-0.3, -0.25) is 4.74 Å². The fraction of sp³-hybridized carbons (Fsp3) is 0.500. The SMILES string of the molecule is C=C(C)C/C=C\COC(F)(F)F. The molecule has 0 amide bonds. The lowest BCUT2D eigenvalue weighted by Gasteiger charge is -2.03. The zero-order valence-electron chi connectivity index (χ0n) is 6.82. The third kappa shape index (κ3) is 9.23. The summed E-state index contributed by atoms with van der Waals surface area (Å²) < 4.78 is 37.6. The van der Waals surface area contributed by atoms with Crippen LogP contribution >= 0.6 is 0 Å². The number of ether oxygens (including phenoxy) is 1. The van der Waals surface area contributed by atoms with E-state index in [1.165, 1.54) is 6.08 Å². The summed E-state index contributed by atoms with van der Waals surface area (Å²) in [7, 11) is 0. The Morgan fingerprint density at radius 3 is 2.42 bits per heavy atom.